The van der Waals surface area contributed by atoms with Crippen LogP contribution in [0.2, 0.25) is 0 Å². The van der Waals surface area contributed by atoms with Crippen LogP contribution >= 0.6 is 11.8 Å². The molecule has 0 spiro atoms. The highest BCUT2D eigenvalue weighted by Gasteiger charge is 2.29. The third-order valence-corrected chi connectivity index (χ3v) is 4.44. The minimum atomic E-state index is 0.372. The molecule has 1 heteroatoms. The Labute approximate surface area is 91.1 Å². The number of hydrogen-bond donors (Lipinski definition) is 0. The molecule has 14 heavy (non-hydrogen) atoms. The Morgan fingerprint density at radius 2 is 1.79 bits per heavy atom. The van der Waals surface area contributed by atoms with Gasteiger partial charge in [-0.15, -0.1) is 11.8 Å². The molecule has 0 saturated carbocycles. The van der Waals surface area contributed by atoms with Crippen molar-refractivity contribution in [1.82, 2.24) is 0 Å². The van der Waals surface area contributed by atoms with Gasteiger partial charge in [0, 0.05) is 4.90 Å². The van der Waals surface area contributed by atoms with Gasteiger partial charge in [0.15, 0.2) is 0 Å². The average Bonchev–Trinajstić information content (AvgIpc) is 2.10. The molecule has 0 bridgehead atoms. The van der Waals surface area contributed by atoms with Crippen molar-refractivity contribution in [3.63, 3.8) is 0 Å². The van der Waals surface area contributed by atoms with Crippen molar-refractivity contribution in [2.75, 3.05) is 5.75 Å². The fourth-order valence-corrected chi connectivity index (χ4v) is 4.04. The van der Waals surface area contributed by atoms with Crippen LogP contribution < -0.4 is 0 Å². The summed E-state index contributed by atoms with van der Waals surface area (Å²) in [4.78, 5) is 1.54. The first kappa shape index (κ1) is 10.1. The number of aryl methyl sites for hydroxylation is 2. The highest BCUT2D eigenvalue weighted by Crippen LogP contribution is 2.44. The van der Waals surface area contributed by atoms with E-state index in [4.69, 9.17) is 0 Å². The molecular formula is C13H18S. The second kappa shape index (κ2) is 3.30. The summed E-state index contributed by atoms with van der Waals surface area (Å²) in [5.74, 6) is 1.27. The zero-order chi connectivity index (χ0) is 10.3. The lowest BCUT2D eigenvalue weighted by atomic mass is 9.79. The Kier molecular flexibility index (Phi) is 2.38. The predicted octanol–water partition coefficient (Wildman–Crippen LogP) is 4.08. The van der Waals surface area contributed by atoms with Crippen molar-refractivity contribution >= 4 is 11.8 Å². The zero-order valence-electron chi connectivity index (χ0n) is 9.48. The van der Waals surface area contributed by atoms with Gasteiger partial charge in [-0.3, -0.25) is 0 Å². The quantitative estimate of drug-likeness (QED) is 0.616. The monoisotopic (exact) mass is 206 g/mol. The maximum absolute atomic E-state index is 2.37. The molecule has 0 aliphatic carbocycles. The maximum Gasteiger partial charge on any atom is 0.0141 e. The lowest BCUT2D eigenvalue weighted by Crippen LogP contribution is -2.24. The Bertz CT molecular complexity index is 364. The lowest BCUT2D eigenvalue weighted by Gasteiger charge is -2.34. The van der Waals surface area contributed by atoms with Crippen molar-refractivity contribution in [2.24, 2.45) is 0 Å². The molecule has 0 N–H and O–H groups in total. The van der Waals surface area contributed by atoms with Crippen LogP contribution in [0.3, 0.4) is 0 Å². The number of rotatable bonds is 0. The molecular weight excluding hydrogens is 188 g/mol. The molecule has 76 valence electrons. The first-order valence-electron chi connectivity index (χ1n) is 5.26. The summed E-state index contributed by atoms with van der Waals surface area (Å²) in [7, 11) is 0. The Balaban J connectivity index is 2.67. The van der Waals surface area contributed by atoms with E-state index in [9.17, 15) is 0 Å². The van der Waals surface area contributed by atoms with Gasteiger partial charge in [-0.1, -0.05) is 26.0 Å². The van der Waals surface area contributed by atoms with Gasteiger partial charge in [-0.25, -0.2) is 0 Å². The molecule has 0 amide bonds. The number of fused-ring (bicyclic) bond motifs is 1. The van der Waals surface area contributed by atoms with Crippen molar-refractivity contribution < 1.29 is 0 Å². The molecule has 1 heterocycles. The molecule has 1 aliphatic heterocycles. The Morgan fingerprint density at radius 3 is 2.43 bits per heavy atom. The van der Waals surface area contributed by atoms with Crippen LogP contribution in [-0.4, -0.2) is 5.75 Å². The molecule has 1 aromatic rings. The van der Waals surface area contributed by atoms with Gasteiger partial charge in [-0.2, -0.15) is 0 Å². The van der Waals surface area contributed by atoms with Crippen LogP contribution in [0.5, 0.6) is 0 Å². The summed E-state index contributed by atoms with van der Waals surface area (Å²) < 4.78 is 0. The maximum atomic E-state index is 2.37. The minimum Gasteiger partial charge on any atom is -0.126 e. The van der Waals surface area contributed by atoms with Crippen LogP contribution in [0.15, 0.2) is 17.0 Å². The smallest absolute Gasteiger partial charge is 0.0141 e. The van der Waals surface area contributed by atoms with Crippen LogP contribution in [0.25, 0.3) is 0 Å². The van der Waals surface area contributed by atoms with Crippen LogP contribution in [0.4, 0.5) is 0 Å². The van der Waals surface area contributed by atoms with Gasteiger partial charge < -0.3 is 0 Å². The first-order valence-corrected chi connectivity index (χ1v) is 6.24. The second-order valence-electron chi connectivity index (χ2n) is 4.89. The molecule has 0 atom stereocenters. The van der Waals surface area contributed by atoms with Gasteiger partial charge >= 0.3 is 0 Å². The van der Waals surface area contributed by atoms with Crippen LogP contribution in [-0.2, 0) is 5.41 Å². The molecule has 0 radical (unpaired) electrons. The molecule has 0 aromatic heterocycles. The van der Waals surface area contributed by atoms with E-state index in [0.717, 1.165) is 0 Å². The topological polar surface area (TPSA) is 0 Å². The Morgan fingerprint density at radius 1 is 1.14 bits per heavy atom. The number of hydrogen-bond acceptors (Lipinski definition) is 1. The molecule has 0 fully saturated rings. The van der Waals surface area contributed by atoms with Crippen LogP contribution in [0.1, 0.15) is 37.0 Å². The van der Waals surface area contributed by atoms with Crippen molar-refractivity contribution in [3.8, 4) is 0 Å². The fraction of sp³-hybridized carbons (Fsp3) is 0.538. The molecule has 2 rings (SSSR count). The van der Waals surface area contributed by atoms with E-state index >= 15 is 0 Å². The van der Waals surface area contributed by atoms with Crippen molar-refractivity contribution in [3.05, 3.63) is 28.8 Å². The highest BCUT2D eigenvalue weighted by molar-refractivity contribution is 7.99. The molecule has 1 aromatic carbocycles. The molecule has 0 nitrogen and oxygen atoms in total. The first-order chi connectivity index (χ1) is 6.52. The largest absolute Gasteiger partial charge is 0.126 e. The van der Waals surface area contributed by atoms with E-state index < -0.39 is 0 Å². The zero-order valence-corrected chi connectivity index (χ0v) is 10.3. The van der Waals surface area contributed by atoms with E-state index in [1.165, 1.54) is 23.3 Å². The van der Waals surface area contributed by atoms with Gasteiger partial charge in [0.25, 0.3) is 0 Å². The summed E-state index contributed by atoms with van der Waals surface area (Å²) in [6.07, 6.45) is 1.30. The van der Waals surface area contributed by atoms with Gasteiger partial charge in [-0.05, 0) is 48.1 Å². The molecule has 1 aliphatic rings. The van der Waals surface area contributed by atoms with Gasteiger partial charge in [0.2, 0.25) is 0 Å². The number of benzene rings is 1. The van der Waals surface area contributed by atoms with Gasteiger partial charge in [0.05, 0.1) is 0 Å². The van der Waals surface area contributed by atoms with Crippen LogP contribution in [0, 0.1) is 13.8 Å². The highest BCUT2D eigenvalue weighted by atomic mass is 32.2. The van der Waals surface area contributed by atoms with E-state index in [0.29, 0.717) is 5.41 Å². The summed E-state index contributed by atoms with van der Waals surface area (Å²) >= 11 is 2.03. The third kappa shape index (κ3) is 1.48. The number of thioether (sulfide) groups is 1. The van der Waals surface area contributed by atoms with Crippen molar-refractivity contribution in [1.29, 1.82) is 0 Å². The van der Waals surface area contributed by atoms with E-state index in [1.54, 1.807) is 10.5 Å². The summed E-state index contributed by atoms with van der Waals surface area (Å²) in [6, 6.07) is 4.52. The summed E-state index contributed by atoms with van der Waals surface area (Å²) in [5, 5.41) is 0. The molecule has 0 unspecified atom stereocenters. The fourth-order valence-electron chi connectivity index (χ4n) is 2.35. The minimum absolute atomic E-state index is 0.372. The summed E-state index contributed by atoms with van der Waals surface area (Å²) in [5.41, 5.74) is 4.87. The summed E-state index contributed by atoms with van der Waals surface area (Å²) in [6.45, 7) is 9.22. The second-order valence-corrected chi connectivity index (χ2v) is 5.99. The average molecular weight is 206 g/mol. The van der Waals surface area contributed by atoms with Gasteiger partial charge in [0.1, 0.15) is 0 Å². The van der Waals surface area contributed by atoms with E-state index in [-0.39, 0.29) is 0 Å². The third-order valence-electron chi connectivity index (χ3n) is 3.21. The molecule has 0 saturated heterocycles. The lowest BCUT2D eigenvalue weighted by molar-refractivity contribution is 0.490. The standard InChI is InChI=1S/C13H18S/c1-9-5-6-10(2)12-11(9)13(3,4)7-8-14-12/h5-6H,7-8H2,1-4H3. The van der Waals surface area contributed by atoms with Crippen molar-refractivity contribution in [2.45, 2.75) is 44.4 Å². The SMILES string of the molecule is Cc1ccc(C)c2c1SCCC2(C)C. The van der Waals surface area contributed by atoms with E-state index in [2.05, 4.69) is 39.8 Å². The Hall–Kier alpha value is -0.430. The van der Waals surface area contributed by atoms with E-state index in [1.807, 2.05) is 11.8 Å². The predicted molar refractivity (Wildman–Crippen MR) is 64.3 cm³/mol. The normalized spacial score (nSPS) is 19.1.